The number of rotatable bonds is 7. The van der Waals surface area contributed by atoms with E-state index in [4.69, 9.17) is 0 Å². The van der Waals surface area contributed by atoms with E-state index in [9.17, 15) is 19.1 Å². The molecule has 4 aromatic rings. The Morgan fingerprint density at radius 2 is 2.06 bits per heavy atom. The number of carbonyl (C=O) groups excluding carboxylic acids is 1. The van der Waals surface area contributed by atoms with Crippen molar-refractivity contribution in [1.82, 2.24) is 14.9 Å². The number of aliphatic carboxylic acids is 1. The first-order chi connectivity index (χ1) is 16.5. The third-order valence-electron chi connectivity index (χ3n) is 7.01. The lowest BCUT2D eigenvalue weighted by Crippen LogP contribution is -2.39. The first kappa shape index (κ1) is 22.2. The Labute approximate surface area is 196 Å². The molecule has 2 aromatic carbocycles. The lowest BCUT2D eigenvalue weighted by atomic mass is 9.91. The van der Waals surface area contributed by atoms with E-state index in [1.54, 1.807) is 6.07 Å². The smallest absolute Gasteiger partial charge is 0.326 e. The summed E-state index contributed by atoms with van der Waals surface area (Å²) in [5.41, 5.74) is 4.82. The first-order valence-electron chi connectivity index (χ1n) is 11.8. The summed E-state index contributed by atoms with van der Waals surface area (Å²) in [5, 5.41) is 14.8. The van der Waals surface area contributed by atoms with Crippen molar-refractivity contribution in [3.05, 3.63) is 71.3 Å². The SMILES string of the molecule is CCC(C(=O)O)n1c2c(c3cc(F)ccc31)C[C@@H](NC(=O)CCc1c[nH]c3ccccc13)CC2. The van der Waals surface area contributed by atoms with Crippen LogP contribution in [0, 0.1) is 5.82 Å². The van der Waals surface area contributed by atoms with Crippen LogP contribution < -0.4 is 5.32 Å². The average Bonchev–Trinajstić information content (AvgIpc) is 3.37. The van der Waals surface area contributed by atoms with Gasteiger partial charge in [0.1, 0.15) is 11.9 Å². The third-order valence-corrected chi connectivity index (χ3v) is 7.01. The first-order valence-corrected chi connectivity index (χ1v) is 11.8. The van der Waals surface area contributed by atoms with E-state index < -0.39 is 12.0 Å². The van der Waals surface area contributed by atoms with Crippen molar-refractivity contribution >= 4 is 33.7 Å². The molecule has 34 heavy (non-hydrogen) atoms. The molecule has 2 heterocycles. The number of aromatic nitrogens is 2. The number of halogens is 1. The molecule has 2 atom stereocenters. The minimum absolute atomic E-state index is 0.00868. The van der Waals surface area contributed by atoms with Gasteiger partial charge >= 0.3 is 5.97 Å². The van der Waals surface area contributed by atoms with Crippen LogP contribution in [0.25, 0.3) is 21.8 Å². The molecular formula is C27H28FN3O3. The van der Waals surface area contributed by atoms with Gasteiger partial charge in [0.15, 0.2) is 0 Å². The van der Waals surface area contributed by atoms with Gasteiger partial charge in [-0.25, -0.2) is 9.18 Å². The second-order valence-corrected chi connectivity index (χ2v) is 9.09. The predicted octanol–water partition coefficient (Wildman–Crippen LogP) is 4.90. The number of fused-ring (bicyclic) bond motifs is 4. The van der Waals surface area contributed by atoms with Crippen LogP contribution in [-0.4, -0.2) is 32.6 Å². The normalized spacial score (nSPS) is 16.5. The van der Waals surface area contributed by atoms with Crippen LogP contribution in [0.5, 0.6) is 0 Å². The van der Waals surface area contributed by atoms with Crippen molar-refractivity contribution in [2.45, 2.75) is 57.5 Å². The summed E-state index contributed by atoms with van der Waals surface area (Å²) < 4.78 is 16.0. The molecule has 3 N–H and O–H groups in total. The molecule has 1 aliphatic carbocycles. The monoisotopic (exact) mass is 461 g/mol. The number of nitrogens with zero attached hydrogens (tertiary/aromatic N) is 1. The van der Waals surface area contributed by atoms with E-state index in [-0.39, 0.29) is 17.8 Å². The number of hydrogen-bond donors (Lipinski definition) is 3. The quantitative estimate of drug-likeness (QED) is 0.366. The van der Waals surface area contributed by atoms with E-state index in [0.717, 1.165) is 45.0 Å². The van der Waals surface area contributed by atoms with Gasteiger partial charge in [0.25, 0.3) is 0 Å². The van der Waals surface area contributed by atoms with Gasteiger partial charge in [0.2, 0.25) is 5.91 Å². The van der Waals surface area contributed by atoms with Gasteiger partial charge in [0.05, 0.1) is 0 Å². The fourth-order valence-corrected chi connectivity index (χ4v) is 5.40. The van der Waals surface area contributed by atoms with Gasteiger partial charge in [-0.3, -0.25) is 4.79 Å². The minimum Gasteiger partial charge on any atom is -0.480 e. The zero-order valence-corrected chi connectivity index (χ0v) is 19.1. The number of nitrogens with one attached hydrogen (secondary N) is 2. The minimum atomic E-state index is -0.890. The summed E-state index contributed by atoms with van der Waals surface area (Å²) in [7, 11) is 0. The summed E-state index contributed by atoms with van der Waals surface area (Å²) >= 11 is 0. The number of para-hydroxylation sites is 1. The van der Waals surface area contributed by atoms with Crippen molar-refractivity contribution in [2.75, 3.05) is 0 Å². The summed E-state index contributed by atoms with van der Waals surface area (Å²) in [6.45, 7) is 1.85. The number of amides is 1. The molecule has 0 saturated heterocycles. The number of hydrogen-bond acceptors (Lipinski definition) is 2. The molecule has 0 saturated carbocycles. The van der Waals surface area contributed by atoms with E-state index in [2.05, 4.69) is 16.4 Å². The molecule has 1 amide bonds. The maximum Gasteiger partial charge on any atom is 0.326 e. The van der Waals surface area contributed by atoms with Crippen LogP contribution in [0.3, 0.4) is 0 Å². The second-order valence-electron chi connectivity index (χ2n) is 9.09. The van der Waals surface area contributed by atoms with Crippen molar-refractivity contribution in [2.24, 2.45) is 0 Å². The van der Waals surface area contributed by atoms with Crippen molar-refractivity contribution in [3.8, 4) is 0 Å². The van der Waals surface area contributed by atoms with Gasteiger partial charge < -0.3 is 20.0 Å². The summed E-state index contributed by atoms with van der Waals surface area (Å²) in [6.07, 6.45) is 5.37. The molecule has 0 radical (unpaired) electrons. The van der Waals surface area contributed by atoms with Gasteiger partial charge in [-0.05, 0) is 67.5 Å². The fraction of sp³-hybridized carbons (Fsp3) is 0.333. The van der Waals surface area contributed by atoms with Gasteiger partial charge in [-0.2, -0.15) is 0 Å². The summed E-state index contributed by atoms with van der Waals surface area (Å²) in [6, 6.07) is 11.8. The number of H-pyrrole nitrogens is 1. The molecular weight excluding hydrogens is 433 g/mol. The Bertz CT molecular complexity index is 1390. The molecule has 7 heteroatoms. The Morgan fingerprint density at radius 3 is 2.85 bits per heavy atom. The number of carboxylic acid groups (broad SMARTS) is 1. The zero-order chi connectivity index (χ0) is 23.8. The standard InChI is InChI=1S/C27H28FN3O3/c1-2-23(27(33)34)31-24-10-8-17(28)13-20(24)21-14-18(9-11-25(21)31)30-26(32)12-7-16-15-29-22-6-4-3-5-19(16)22/h3-6,8,10,13,15,18,23,29H,2,7,9,11-12,14H2,1H3,(H,30,32)(H,33,34)/t18-,23?/m0/s1. The second kappa shape index (κ2) is 8.97. The Hall–Kier alpha value is -3.61. The average molecular weight is 462 g/mol. The molecule has 1 unspecified atom stereocenters. The number of benzene rings is 2. The molecule has 1 aliphatic rings. The molecule has 0 fully saturated rings. The molecule has 2 aromatic heterocycles. The van der Waals surface area contributed by atoms with Crippen LogP contribution in [0.2, 0.25) is 0 Å². The van der Waals surface area contributed by atoms with Crippen molar-refractivity contribution in [1.29, 1.82) is 0 Å². The van der Waals surface area contributed by atoms with Gasteiger partial charge in [0, 0.05) is 46.2 Å². The highest BCUT2D eigenvalue weighted by Gasteiger charge is 2.30. The molecule has 0 bridgehead atoms. The van der Waals surface area contributed by atoms with Crippen molar-refractivity contribution < 1.29 is 19.1 Å². The Balaban J connectivity index is 1.34. The summed E-state index contributed by atoms with van der Waals surface area (Å²) in [5.74, 6) is -1.24. The third kappa shape index (κ3) is 3.95. The molecule has 0 aliphatic heterocycles. The highest BCUT2D eigenvalue weighted by Crippen LogP contribution is 2.36. The van der Waals surface area contributed by atoms with E-state index in [0.29, 0.717) is 32.1 Å². The van der Waals surface area contributed by atoms with E-state index >= 15 is 0 Å². The van der Waals surface area contributed by atoms with Gasteiger partial charge in [-0.1, -0.05) is 25.1 Å². The number of aromatic amines is 1. The maximum absolute atomic E-state index is 14.1. The molecule has 5 rings (SSSR count). The van der Waals surface area contributed by atoms with Crippen LogP contribution in [0.4, 0.5) is 4.39 Å². The lowest BCUT2D eigenvalue weighted by Gasteiger charge is -2.26. The van der Waals surface area contributed by atoms with E-state index in [1.807, 2.05) is 35.9 Å². The molecule has 6 nitrogen and oxygen atoms in total. The van der Waals surface area contributed by atoms with Crippen LogP contribution in [0.15, 0.2) is 48.7 Å². The summed E-state index contributed by atoms with van der Waals surface area (Å²) in [4.78, 5) is 27.9. The topological polar surface area (TPSA) is 87.1 Å². The largest absolute Gasteiger partial charge is 0.480 e. The molecule has 176 valence electrons. The predicted molar refractivity (Wildman–Crippen MR) is 129 cm³/mol. The van der Waals surface area contributed by atoms with Crippen LogP contribution >= 0.6 is 0 Å². The van der Waals surface area contributed by atoms with Crippen molar-refractivity contribution in [3.63, 3.8) is 0 Å². The number of carbonyl (C=O) groups is 2. The lowest BCUT2D eigenvalue weighted by molar-refractivity contribution is -0.141. The maximum atomic E-state index is 14.1. The number of aryl methyl sites for hydroxylation is 1. The van der Waals surface area contributed by atoms with Gasteiger partial charge in [-0.15, -0.1) is 0 Å². The highest BCUT2D eigenvalue weighted by molar-refractivity contribution is 5.88. The Kier molecular flexibility index (Phi) is 5.86. The van der Waals surface area contributed by atoms with Crippen LogP contribution in [-0.2, 0) is 28.9 Å². The molecule has 0 spiro atoms. The zero-order valence-electron chi connectivity index (χ0n) is 19.1. The van der Waals surface area contributed by atoms with E-state index in [1.165, 1.54) is 12.1 Å². The highest BCUT2D eigenvalue weighted by atomic mass is 19.1. The van der Waals surface area contributed by atoms with Crippen LogP contribution in [0.1, 0.15) is 49.0 Å². The Morgan fingerprint density at radius 1 is 1.24 bits per heavy atom. The number of carboxylic acids is 1. The fourth-order valence-electron chi connectivity index (χ4n) is 5.40.